The fourth-order valence-corrected chi connectivity index (χ4v) is 2.48. The van der Waals surface area contributed by atoms with Crippen molar-refractivity contribution in [1.82, 2.24) is 0 Å². The van der Waals surface area contributed by atoms with Crippen LogP contribution < -0.4 is 0 Å². The zero-order valence-electron chi connectivity index (χ0n) is 12.1. The van der Waals surface area contributed by atoms with Crippen LogP contribution in [0.3, 0.4) is 0 Å². The van der Waals surface area contributed by atoms with Gasteiger partial charge in [0, 0.05) is 5.56 Å². The average molecular weight is 286 g/mol. The number of rotatable bonds is 6. The summed E-state index contributed by atoms with van der Waals surface area (Å²) in [4.78, 5) is 10.8. The molecule has 21 heavy (non-hydrogen) atoms. The molecule has 2 nitrogen and oxygen atoms in total. The van der Waals surface area contributed by atoms with Gasteiger partial charge in [-0.25, -0.2) is 4.39 Å². The molecular formula is C18H19FO2. The molecule has 1 N–H and O–H groups in total. The molecule has 1 atom stereocenters. The molecular weight excluding hydrogens is 267 g/mol. The average Bonchev–Trinajstić information content (AvgIpc) is 2.46. The largest absolute Gasteiger partial charge is 0.508 e. The molecule has 0 amide bonds. The molecule has 0 radical (unpaired) electrons. The highest BCUT2D eigenvalue weighted by Gasteiger charge is 2.08. The molecule has 0 aliphatic heterocycles. The van der Waals surface area contributed by atoms with Gasteiger partial charge in [0.2, 0.25) is 0 Å². The van der Waals surface area contributed by atoms with Gasteiger partial charge >= 0.3 is 0 Å². The number of hydrogen-bond donors (Lipinski definition) is 1. The quantitative estimate of drug-likeness (QED) is 0.795. The zero-order chi connectivity index (χ0) is 15.2. The molecule has 3 heteroatoms. The number of aromatic hydroxyl groups is 1. The molecule has 1 unspecified atom stereocenters. The summed E-state index contributed by atoms with van der Waals surface area (Å²) in [6.07, 6.45) is 3.40. The Bertz CT molecular complexity index is 622. The Kier molecular flexibility index (Phi) is 5.09. The third-order valence-electron chi connectivity index (χ3n) is 3.66. The van der Waals surface area contributed by atoms with E-state index >= 15 is 0 Å². The van der Waals surface area contributed by atoms with Crippen LogP contribution in [0.2, 0.25) is 0 Å². The molecule has 0 saturated heterocycles. The van der Waals surface area contributed by atoms with Gasteiger partial charge in [-0.15, -0.1) is 0 Å². The van der Waals surface area contributed by atoms with Crippen LogP contribution in [0.15, 0.2) is 42.5 Å². The molecule has 2 aromatic carbocycles. The lowest BCUT2D eigenvalue weighted by atomic mass is 9.93. The molecule has 110 valence electrons. The first-order valence-corrected chi connectivity index (χ1v) is 7.12. The smallest absolute Gasteiger partial charge is 0.150 e. The minimum Gasteiger partial charge on any atom is -0.508 e. The molecule has 0 heterocycles. The number of aldehydes is 1. The fourth-order valence-electron chi connectivity index (χ4n) is 2.48. The van der Waals surface area contributed by atoms with E-state index in [2.05, 4.69) is 6.92 Å². The first-order valence-electron chi connectivity index (χ1n) is 7.12. The second kappa shape index (κ2) is 7.02. The van der Waals surface area contributed by atoms with Gasteiger partial charge in [0.05, 0.1) is 0 Å². The normalized spacial score (nSPS) is 12.1. The van der Waals surface area contributed by atoms with Gasteiger partial charge in [0.25, 0.3) is 0 Å². The molecule has 2 rings (SSSR count). The predicted octanol–water partition coefficient (Wildman–Crippen LogP) is 4.47. The maximum absolute atomic E-state index is 13.1. The fraction of sp³-hybridized carbons (Fsp3) is 0.278. The molecule has 0 aromatic heterocycles. The van der Waals surface area contributed by atoms with Crippen molar-refractivity contribution in [2.75, 3.05) is 0 Å². The van der Waals surface area contributed by atoms with Gasteiger partial charge in [-0.05, 0) is 66.6 Å². The molecule has 0 aliphatic carbocycles. The van der Waals surface area contributed by atoms with Crippen LogP contribution in [-0.2, 0) is 6.42 Å². The summed E-state index contributed by atoms with van der Waals surface area (Å²) < 4.78 is 13.1. The molecule has 0 saturated carbocycles. The number of carbonyl (C=O) groups excluding carboxylic acids is 1. The number of carbonyl (C=O) groups is 1. The second-order valence-electron chi connectivity index (χ2n) is 5.40. The van der Waals surface area contributed by atoms with E-state index in [1.54, 1.807) is 24.3 Å². The summed E-state index contributed by atoms with van der Waals surface area (Å²) in [6.45, 7) is 2.06. The minimum atomic E-state index is -0.204. The number of phenols is 1. The Labute approximate surface area is 124 Å². The van der Waals surface area contributed by atoms with Crippen LogP contribution in [0.1, 0.15) is 47.2 Å². The van der Waals surface area contributed by atoms with Crippen molar-refractivity contribution < 1.29 is 14.3 Å². The van der Waals surface area contributed by atoms with Crippen LogP contribution in [0.5, 0.6) is 5.75 Å². The summed E-state index contributed by atoms with van der Waals surface area (Å²) in [6, 6.07) is 11.6. The van der Waals surface area contributed by atoms with Crippen LogP contribution in [0.4, 0.5) is 4.39 Å². The molecule has 0 bridgehead atoms. The van der Waals surface area contributed by atoms with Crippen molar-refractivity contribution in [2.24, 2.45) is 0 Å². The lowest BCUT2D eigenvalue weighted by Gasteiger charge is -2.13. The Balaban J connectivity index is 1.94. The van der Waals surface area contributed by atoms with Crippen molar-refractivity contribution >= 4 is 6.29 Å². The van der Waals surface area contributed by atoms with E-state index in [0.29, 0.717) is 5.56 Å². The van der Waals surface area contributed by atoms with E-state index in [1.165, 1.54) is 12.1 Å². The topological polar surface area (TPSA) is 37.3 Å². The van der Waals surface area contributed by atoms with Gasteiger partial charge in [-0.2, -0.15) is 0 Å². The van der Waals surface area contributed by atoms with Crippen molar-refractivity contribution in [3.63, 3.8) is 0 Å². The highest BCUT2D eigenvalue weighted by molar-refractivity contribution is 5.76. The van der Waals surface area contributed by atoms with Crippen LogP contribution >= 0.6 is 0 Å². The van der Waals surface area contributed by atoms with Crippen molar-refractivity contribution in [1.29, 1.82) is 0 Å². The van der Waals surface area contributed by atoms with Gasteiger partial charge < -0.3 is 5.11 Å². The Hall–Kier alpha value is -2.16. The predicted molar refractivity (Wildman–Crippen MR) is 81.2 cm³/mol. The molecule has 2 aromatic rings. The molecule has 0 aliphatic rings. The lowest BCUT2D eigenvalue weighted by molar-refractivity contribution is 0.112. The van der Waals surface area contributed by atoms with Crippen LogP contribution in [-0.4, -0.2) is 11.4 Å². The third kappa shape index (κ3) is 4.42. The standard InChI is InChI=1S/C18H19FO2/c1-13(16-8-15(12-20)10-18(21)11-16)4-2-5-14-6-3-7-17(19)9-14/h3,6-13,21H,2,4-5H2,1H3. The maximum Gasteiger partial charge on any atom is 0.150 e. The molecule has 0 spiro atoms. The second-order valence-corrected chi connectivity index (χ2v) is 5.40. The maximum atomic E-state index is 13.1. The van der Waals surface area contributed by atoms with E-state index < -0.39 is 0 Å². The summed E-state index contributed by atoms with van der Waals surface area (Å²) in [5.41, 5.74) is 2.44. The Morgan fingerprint density at radius 3 is 2.76 bits per heavy atom. The summed E-state index contributed by atoms with van der Waals surface area (Å²) >= 11 is 0. The number of benzene rings is 2. The highest BCUT2D eigenvalue weighted by Crippen LogP contribution is 2.26. The Morgan fingerprint density at radius 2 is 2.05 bits per heavy atom. The number of hydrogen-bond acceptors (Lipinski definition) is 2. The first-order chi connectivity index (χ1) is 10.1. The number of halogens is 1. The van der Waals surface area contributed by atoms with Crippen LogP contribution in [0.25, 0.3) is 0 Å². The van der Waals surface area contributed by atoms with Gasteiger partial charge in [0.1, 0.15) is 17.9 Å². The van der Waals surface area contributed by atoms with E-state index in [1.807, 2.05) is 6.07 Å². The van der Waals surface area contributed by atoms with Gasteiger partial charge in [0.15, 0.2) is 0 Å². The van der Waals surface area contributed by atoms with Crippen LogP contribution in [0, 0.1) is 5.82 Å². The third-order valence-corrected chi connectivity index (χ3v) is 3.66. The van der Waals surface area contributed by atoms with Gasteiger partial charge in [-0.3, -0.25) is 4.79 Å². The van der Waals surface area contributed by atoms with Crippen molar-refractivity contribution in [3.8, 4) is 5.75 Å². The van der Waals surface area contributed by atoms with Gasteiger partial charge in [-0.1, -0.05) is 19.1 Å². The van der Waals surface area contributed by atoms with E-state index in [4.69, 9.17) is 0 Å². The van der Waals surface area contributed by atoms with E-state index in [-0.39, 0.29) is 17.5 Å². The monoisotopic (exact) mass is 286 g/mol. The SMILES string of the molecule is CC(CCCc1cccc(F)c1)c1cc(O)cc(C=O)c1. The highest BCUT2D eigenvalue weighted by atomic mass is 19.1. The summed E-state index contributed by atoms with van der Waals surface area (Å²) in [5.74, 6) is 0.153. The lowest BCUT2D eigenvalue weighted by Crippen LogP contribution is -1.97. The van der Waals surface area contributed by atoms with E-state index in [0.717, 1.165) is 36.7 Å². The first kappa shape index (κ1) is 15.2. The summed E-state index contributed by atoms with van der Waals surface area (Å²) in [5, 5.41) is 9.61. The molecule has 0 fully saturated rings. The Morgan fingerprint density at radius 1 is 1.24 bits per heavy atom. The summed E-state index contributed by atoms with van der Waals surface area (Å²) in [7, 11) is 0. The van der Waals surface area contributed by atoms with E-state index in [9.17, 15) is 14.3 Å². The number of aryl methyl sites for hydroxylation is 1. The number of phenolic OH excluding ortho intramolecular Hbond substituents is 1. The minimum absolute atomic E-state index is 0.117. The van der Waals surface area contributed by atoms with Crippen molar-refractivity contribution in [2.45, 2.75) is 32.1 Å². The van der Waals surface area contributed by atoms with Crippen molar-refractivity contribution in [3.05, 3.63) is 65.0 Å². The zero-order valence-corrected chi connectivity index (χ0v) is 12.1.